The van der Waals surface area contributed by atoms with E-state index < -0.39 is 34.7 Å². The van der Waals surface area contributed by atoms with E-state index in [0.29, 0.717) is 24.0 Å². The summed E-state index contributed by atoms with van der Waals surface area (Å²) in [5.41, 5.74) is -1.27. The number of carbonyl (C=O) groups excluding carboxylic acids is 1. The number of aromatic nitrogens is 5. The molecule has 194 valence electrons. The topological polar surface area (TPSA) is 132 Å². The molecule has 0 spiro atoms. The lowest BCUT2D eigenvalue weighted by molar-refractivity contribution is -0.144. The van der Waals surface area contributed by atoms with Crippen molar-refractivity contribution in [2.75, 3.05) is 11.9 Å². The number of carboxylic acid groups (broad SMARTS) is 1. The third-order valence-electron chi connectivity index (χ3n) is 6.00. The molecule has 1 saturated carbocycles. The van der Waals surface area contributed by atoms with Crippen LogP contribution in [-0.2, 0) is 11.0 Å². The van der Waals surface area contributed by atoms with E-state index in [2.05, 4.69) is 25.4 Å². The summed E-state index contributed by atoms with van der Waals surface area (Å²) >= 11 is 0. The predicted octanol–water partition coefficient (Wildman–Crippen LogP) is 4.24. The van der Waals surface area contributed by atoms with Gasteiger partial charge in [-0.15, -0.1) is 0 Å². The van der Waals surface area contributed by atoms with E-state index in [0.717, 1.165) is 10.9 Å². The normalized spacial score (nSPS) is 14.1. The van der Waals surface area contributed by atoms with E-state index in [1.165, 1.54) is 36.8 Å². The van der Waals surface area contributed by atoms with E-state index in [1.807, 2.05) is 0 Å². The smallest absolute Gasteiger partial charge is 0.435 e. The lowest BCUT2D eigenvalue weighted by Crippen LogP contribution is -2.23. The molecule has 1 aromatic carbocycles. The van der Waals surface area contributed by atoms with Crippen LogP contribution in [0.15, 0.2) is 67.3 Å². The molecule has 4 aromatic rings. The number of nitrogens with one attached hydrogen (secondary N) is 1. The number of hydrogen-bond donors (Lipinski definition) is 2. The molecule has 38 heavy (non-hydrogen) atoms. The minimum Gasteiger partial charge on any atom is -0.481 e. The molecular weight excluding hydrogens is 505 g/mol. The monoisotopic (exact) mass is 524 g/mol. The van der Waals surface area contributed by atoms with Crippen LogP contribution in [0.25, 0.3) is 16.9 Å². The third-order valence-corrected chi connectivity index (χ3v) is 6.00. The van der Waals surface area contributed by atoms with Crippen LogP contribution in [0.2, 0.25) is 0 Å². The van der Waals surface area contributed by atoms with Gasteiger partial charge in [0.1, 0.15) is 12.0 Å². The molecule has 3 aromatic heterocycles. The first kappa shape index (κ1) is 24.9. The number of halogens is 3. The number of amides is 1. The Hall–Kier alpha value is -4.81. The van der Waals surface area contributed by atoms with Crippen molar-refractivity contribution < 1.29 is 32.6 Å². The van der Waals surface area contributed by atoms with Crippen LogP contribution in [0, 0.1) is 5.41 Å². The van der Waals surface area contributed by atoms with Gasteiger partial charge in [-0.25, -0.2) is 19.6 Å². The average Bonchev–Trinajstić information content (AvgIpc) is 3.57. The van der Waals surface area contributed by atoms with Gasteiger partial charge in [0, 0.05) is 36.0 Å². The van der Waals surface area contributed by atoms with Gasteiger partial charge in [-0.05, 0) is 42.7 Å². The van der Waals surface area contributed by atoms with Crippen molar-refractivity contribution in [2.45, 2.75) is 19.0 Å². The van der Waals surface area contributed by atoms with Gasteiger partial charge in [0.15, 0.2) is 11.5 Å². The lowest BCUT2D eigenvalue weighted by Gasteiger charge is -2.10. The summed E-state index contributed by atoms with van der Waals surface area (Å²) in [4.78, 5) is 36.1. The minimum absolute atomic E-state index is 0.00705. The molecule has 3 heterocycles. The molecule has 0 saturated heterocycles. The molecule has 0 aliphatic heterocycles. The molecule has 1 fully saturated rings. The summed E-state index contributed by atoms with van der Waals surface area (Å²) in [5, 5.41) is 15.2. The van der Waals surface area contributed by atoms with Gasteiger partial charge in [-0.3, -0.25) is 9.59 Å². The zero-order valence-electron chi connectivity index (χ0n) is 19.5. The maximum absolute atomic E-state index is 13.6. The van der Waals surface area contributed by atoms with Crippen LogP contribution in [0.5, 0.6) is 6.01 Å². The maximum atomic E-state index is 13.6. The van der Waals surface area contributed by atoms with Crippen molar-refractivity contribution in [3.8, 4) is 23.0 Å². The molecule has 0 radical (unpaired) electrons. The van der Waals surface area contributed by atoms with Gasteiger partial charge < -0.3 is 15.2 Å². The quantitative estimate of drug-likeness (QED) is 0.350. The van der Waals surface area contributed by atoms with Crippen molar-refractivity contribution in [2.24, 2.45) is 5.41 Å². The van der Waals surface area contributed by atoms with Crippen molar-refractivity contribution in [3.05, 3.63) is 78.5 Å². The molecule has 5 rings (SSSR count). The summed E-state index contributed by atoms with van der Waals surface area (Å²) in [6.07, 6.45) is 1.63. The Kier molecular flexibility index (Phi) is 6.27. The highest BCUT2D eigenvalue weighted by Gasteiger charge is 2.51. The molecule has 0 bridgehead atoms. The number of benzene rings is 1. The van der Waals surface area contributed by atoms with Crippen molar-refractivity contribution in [3.63, 3.8) is 0 Å². The highest BCUT2D eigenvalue weighted by atomic mass is 19.4. The summed E-state index contributed by atoms with van der Waals surface area (Å²) < 4.78 is 47.0. The number of ether oxygens (including phenoxy) is 1. The second-order valence-corrected chi connectivity index (χ2v) is 8.68. The Labute approximate surface area is 213 Å². The Morgan fingerprint density at radius 1 is 1.03 bits per heavy atom. The Balaban J connectivity index is 1.27. The van der Waals surface area contributed by atoms with Crippen LogP contribution in [-0.4, -0.2) is 48.3 Å². The molecule has 0 unspecified atom stereocenters. The highest BCUT2D eigenvalue weighted by Crippen LogP contribution is 2.46. The second kappa shape index (κ2) is 9.57. The van der Waals surface area contributed by atoms with Gasteiger partial charge in [0.25, 0.3) is 5.91 Å². The Morgan fingerprint density at radius 3 is 2.32 bits per heavy atom. The molecule has 10 nitrogen and oxygen atoms in total. The molecule has 0 atom stereocenters. The Morgan fingerprint density at radius 2 is 1.74 bits per heavy atom. The highest BCUT2D eigenvalue weighted by molar-refractivity contribution is 6.05. The number of anilines is 1. The van der Waals surface area contributed by atoms with Crippen LogP contribution >= 0.6 is 0 Å². The first-order valence-corrected chi connectivity index (χ1v) is 11.3. The number of carbonyl (C=O) groups is 2. The summed E-state index contributed by atoms with van der Waals surface area (Å²) in [6, 6.07) is 11.0. The first-order valence-electron chi connectivity index (χ1n) is 11.3. The third kappa shape index (κ3) is 5.16. The zero-order valence-corrected chi connectivity index (χ0v) is 19.5. The van der Waals surface area contributed by atoms with Gasteiger partial charge in [0.2, 0.25) is 0 Å². The zero-order chi connectivity index (χ0) is 26.9. The molecular formula is C25H19F3N6O4. The fourth-order valence-electron chi connectivity index (χ4n) is 3.61. The number of aliphatic carboxylic acids is 1. The minimum atomic E-state index is -4.85. The van der Waals surface area contributed by atoms with Gasteiger partial charge >= 0.3 is 18.2 Å². The molecule has 13 heteroatoms. The number of pyridine rings is 1. The van der Waals surface area contributed by atoms with Gasteiger partial charge in [-0.2, -0.15) is 18.3 Å². The standard InChI is InChI=1S/C25H19F3N6O4/c26-25(27,28)20-18(13-34(33-20)19-3-1-2-10-29-19)21(35)32-17-6-4-15(5-7-17)16-11-30-23(31-12-16)38-14-24(8-9-24)22(36)37/h1-7,10-13H,8-9,14H2,(H,32,35)(H,36,37). The lowest BCUT2D eigenvalue weighted by atomic mass is 10.1. The van der Waals surface area contributed by atoms with E-state index in [1.54, 1.807) is 24.3 Å². The predicted molar refractivity (Wildman–Crippen MR) is 127 cm³/mol. The number of rotatable bonds is 8. The van der Waals surface area contributed by atoms with Crippen molar-refractivity contribution in [1.29, 1.82) is 0 Å². The van der Waals surface area contributed by atoms with Crippen LogP contribution in [0.3, 0.4) is 0 Å². The Bertz CT molecular complexity index is 1470. The molecule has 1 aliphatic carbocycles. The van der Waals surface area contributed by atoms with Crippen LogP contribution in [0.4, 0.5) is 18.9 Å². The molecule has 1 amide bonds. The summed E-state index contributed by atoms with van der Waals surface area (Å²) in [5.74, 6) is -1.75. The fraction of sp³-hybridized carbons (Fsp3) is 0.200. The summed E-state index contributed by atoms with van der Waals surface area (Å²) in [6.45, 7) is -0.00705. The number of hydrogen-bond acceptors (Lipinski definition) is 7. The average molecular weight is 524 g/mol. The van der Waals surface area contributed by atoms with Crippen LogP contribution < -0.4 is 10.1 Å². The maximum Gasteiger partial charge on any atom is 0.435 e. The number of nitrogens with zero attached hydrogens (tertiary/aromatic N) is 5. The van der Waals surface area contributed by atoms with Crippen LogP contribution in [0.1, 0.15) is 28.9 Å². The van der Waals surface area contributed by atoms with E-state index in [4.69, 9.17) is 4.74 Å². The number of alkyl halides is 3. The largest absolute Gasteiger partial charge is 0.481 e. The van der Waals surface area contributed by atoms with E-state index >= 15 is 0 Å². The summed E-state index contributed by atoms with van der Waals surface area (Å²) in [7, 11) is 0. The van der Waals surface area contributed by atoms with E-state index in [9.17, 15) is 27.9 Å². The second-order valence-electron chi connectivity index (χ2n) is 8.68. The number of carboxylic acids is 1. The van der Waals surface area contributed by atoms with E-state index in [-0.39, 0.29) is 24.1 Å². The molecule has 2 N–H and O–H groups in total. The first-order chi connectivity index (χ1) is 18.1. The van der Waals surface area contributed by atoms with Gasteiger partial charge in [0.05, 0.1) is 5.56 Å². The van der Waals surface area contributed by atoms with Crippen molar-refractivity contribution >= 4 is 17.6 Å². The molecule has 1 aliphatic rings. The van der Waals surface area contributed by atoms with Gasteiger partial charge in [-0.1, -0.05) is 18.2 Å². The SMILES string of the molecule is O=C(Nc1ccc(-c2cnc(OCC3(C(=O)O)CC3)nc2)cc1)c1cn(-c2ccccn2)nc1C(F)(F)F. The fourth-order valence-corrected chi connectivity index (χ4v) is 3.61. The van der Waals surface area contributed by atoms with Crippen molar-refractivity contribution in [1.82, 2.24) is 24.7 Å².